The minimum absolute atomic E-state index is 0.0619. The Labute approximate surface area is 262 Å². The number of carboxylic acid groups (broad SMARTS) is 1. The molecule has 2 aliphatic rings. The van der Waals surface area contributed by atoms with Crippen molar-refractivity contribution in [3.8, 4) is 5.75 Å². The van der Waals surface area contributed by atoms with Crippen molar-refractivity contribution in [2.75, 3.05) is 19.7 Å². The monoisotopic (exact) mass is 648 g/mol. The molecule has 3 aromatic carbocycles. The number of benzene rings is 3. The zero-order valence-electron chi connectivity index (χ0n) is 25.1. The van der Waals surface area contributed by atoms with Crippen LogP contribution in [0, 0.1) is 24.4 Å². The van der Waals surface area contributed by atoms with Gasteiger partial charge in [-0.1, -0.05) is 48.5 Å². The molecular formula is C34H34F6N2O4. The topological polar surface area (TPSA) is 78.9 Å². The molecule has 246 valence electrons. The number of carbonyl (C=O) groups is 2. The lowest BCUT2D eigenvalue weighted by Crippen LogP contribution is -2.39. The summed E-state index contributed by atoms with van der Waals surface area (Å²) in [6, 6.07) is 18.2. The van der Waals surface area contributed by atoms with Crippen molar-refractivity contribution in [3.05, 3.63) is 106 Å². The van der Waals surface area contributed by atoms with Crippen LogP contribution in [0.5, 0.6) is 5.75 Å². The van der Waals surface area contributed by atoms with Crippen LogP contribution >= 0.6 is 0 Å². The third-order valence-corrected chi connectivity index (χ3v) is 7.73. The number of rotatable bonds is 10. The normalized spacial score (nSPS) is 14.8. The van der Waals surface area contributed by atoms with Gasteiger partial charge in [-0.3, -0.25) is 4.79 Å². The van der Waals surface area contributed by atoms with E-state index in [9.17, 15) is 31.1 Å². The van der Waals surface area contributed by atoms with Crippen LogP contribution in [-0.4, -0.2) is 53.8 Å². The molecule has 1 heterocycles. The van der Waals surface area contributed by atoms with E-state index < -0.39 is 35.3 Å². The Morgan fingerprint density at radius 3 is 2.26 bits per heavy atom. The molecule has 0 radical (unpaired) electrons. The van der Waals surface area contributed by atoms with E-state index in [1.165, 1.54) is 11.1 Å². The summed E-state index contributed by atoms with van der Waals surface area (Å²) in [4.78, 5) is 24.8. The second kappa shape index (κ2) is 15.3. The molecule has 46 heavy (non-hydrogen) atoms. The first-order valence-electron chi connectivity index (χ1n) is 14.8. The summed E-state index contributed by atoms with van der Waals surface area (Å²) >= 11 is 0. The van der Waals surface area contributed by atoms with Crippen molar-refractivity contribution in [3.63, 3.8) is 0 Å². The van der Waals surface area contributed by atoms with Crippen LogP contribution in [0.4, 0.5) is 26.3 Å². The van der Waals surface area contributed by atoms with Crippen molar-refractivity contribution in [2.24, 2.45) is 0 Å². The number of alkyl halides is 3. The quantitative estimate of drug-likeness (QED) is 0.141. The molecular weight excluding hydrogens is 614 g/mol. The Morgan fingerprint density at radius 1 is 0.978 bits per heavy atom. The number of carboxylic acids is 1. The van der Waals surface area contributed by atoms with Gasteiger partial charge in [0.25, 0.3) is 5.91 Å². The summed E-state index contributed by atoms with van der Waals surface area (Å²) < 4.78 is 77.8. The SMILES string of the molecule is Cc1ccccc1CN(C(=O)C1=C(c2ccc(CCCOc3c(F)ccc(F)c3F)cc2)CCNC1)C1CC1.O=C(O)C(F)(F)F. The zero-order valence-corrected chi connectivity index (χ0v) is 25.1. The van der Waals surface area contributed by atoms with Crippen LogP contribution in [0.3, 0.4) is 0 Å². The van der Waals surface area contributed by atoms with Gasteiger partial charge in [-0.25, -0.2) is 13.6 Å². The molecule has 1 fully saturated rings. The van der Waals surface area contributed by atoms with Gasteiger partial charge < -0.3 is 20.1 Å². The Balaban J connectivity index is 0.000000617. The van der Waals surface area contributed by atoms with Gasteiger partial charge in [0.2, 0.25) is 5.82 Å². The Bertz CT molecular complexity index is 1570. The van der Waals surface area contributed by atoms with E-state index in [0.29, 0.717) is 32.0 Å². The summed E-state index contributed by atoms with van der Waals surface area (Å²) in [5, 5.41) is 10.5. The van der Waals surface area contributed by atoms with Crippen molar-refractivity contribution >= 4 is 17.4 Å². The lowest BCUT2D eigenvalue weighted by atomic mass is 9.92. The highest BCUT2D eigenvalue weighted by Gasteiger charge is 2.38. The standard InChI is InChI=1S/C32H33F3N2O2.C2HF3O2/c1-21-5-2-3-7-24(21)20-37(25-12-13-25)32(38)27-19-36-17-16-26(27)23-10-8-22(9-11-23)6-4-18-39-31-29(34)15-14-28(33)30(31)35;3-2(4,5)1(6)7/h2-3,5,7-11,14-15,25,36H,4,6,12-13,16-20H2,1H3;(H,6,7). The molecule has 1 saturated carbocycles. The number of halogens is 6. The Kier molecular flexibility index (Phi) is 11.5. The highest BCUT2D eigenvalue weighted by Crippen LogP contribution is 2.33. The van der Waals surface area contributed by atoms with Crippen LogP contribution < -0.4 is 10.1 Å². The number of aliphatic carboxylic acids is 1. The Hall–Kier alpha value is -4.32. The lowest BCUT2D eigenvalue weighted by molar-refractivity contribution is -0.192. The molecule has 0 spiro atoms. The number of hydrogen-bond donors (Lipinski definition) is 2. The first kappa shape index (κ1) is 34.6. The maximum Gasteiger partial charge on any atom is 0.490 e. The molecule has 1 aliphatic heterocycles. The van der Waals surface area contributed by atoms with Gasteiger partial charge in [0.05, 0.1) is 6.61 Å². The molecule has 12 heteroatoms. The third kappa shape index (κ3) is 9.12. The maximum atomic E-state index is 13.8. The molecule has 3 aromatic rings. The van der Waals surface area contributed by atoms with Crippen LogP contribution in [0.25, 0.3) is 5.57 Å². The first-order valence-corrected chi connectivity index (χ1v) is 14.8. The van der Waals surface area contributed by atoms with Gasteiger partial charge in [0, 0.05) is 24.7 Å². The molecule has 5 rings (SSSR count). The predicted octanol–water partition coefficient (Wildman–Crippen LogP) is 7.00. The Morgan fingerprint density at radius 2 is 1.63 bits per heavy atom. The van der Waals surface area contributed by atoms with Crippen molar-refractivity contribution in [1.82, 2.24) is 10.2 Å². The number of nitrogens with one attached hydrogen (secondary N) is 1. The fourth-order valence-corrected chi connectivity index (χ4v) is 5.07. The van der Waals surface area contributed by atoms with Crippen LogP contribution in [0.2, 0.25) is 0 Å². The molecule has 0 atom stereocenters. The minimum Gasteiger partial charge on any atom is -0.488 e. The molecule has 1 amide bonds. The number of amides is 1. The highest BCUT2D eigenvalue weighted by molar-refractivity contribution is 6.02. The van der Waals surface area contributed by atoms with Crippen molar-refractivity contribution < 1.29 is 45.8 Å². The number of aryl methyl sites for hydroxylation is 2. The van der Waals surface area contributed by atoms with Gasteiger partial charge in [-0.2, -0.15) is 17.6 Å². The van der Waals surface area contributed by atoms with E-state index in [0.717, 1.165) is 60.2 Å². The molecule has 0 aromatic heterocycles. The number of nitrogens with zero attached hydrogens (tertiary/aromatic N) is 1. The largest absolute Gasteiger partial charge is 0.490 e. The molecule has 6 nitrogen and oxygen atoms in total. The summed E-state index contributed by atoms with van der Waals surface area (Å²) in [6.07, 6.45) is -1.06. The van der Waals surface area contributed by atoms with Crippen LogP contribution in [-0.2, 0) is 22.6 Å². The van der Waals surface area contributed by atoms with E-state index in [1.807, 2.05) is 41.3 Å². The van der Waals surface area contributed by atoms with Gasteiger partial charge in [0.1, 0.15) is 0 Å². The van der Waals surface area contributed by atoms with Gasteiger partial charge in [-0.15, -0.1) is 0 Å². The third-order valence-electron chi connectivity index (χ3n) is 7.73. The fourth-order valence-electron chi connectivity index (χ4n) is 5.07. The summed E-state index contributed by atoms with van der Waals surface area (Å²) in [7, 11) is 0. The van der Waals surface area contributed by atoms with Crippen molar-refractivity contribution in [2.45, 2.75) is 57.8 Å². The average molecular weight is 649 g/mol. The maximum absolute atomic E-state index is 13.8. The fraction of sp³-hybridized carbons (Fsp3) is 0.353. The van der Waals surface area contributed by atoms with Gasteiger partial charge >= 0.3 is 12.1 Å². The molecule has 1 aliphatic carbocycles. The summed E-state index contributed by atoms with van der Waals surface area (Å²) in [6.45, 7) is 4.14. The second-order valence-corrected chi connectivity index (χ2v) is 11.1. The van der Waals surface area contributed by atoms with E-state index in [2.05, 4.69) is 24.4 Å². The van der Waals surface area contributed by atoms with E-state index in [1.54, 1.807) is 0 Å². The second-order valence-electron chi connectivity index (χ2n) is 11.1. The first-order chi connectivity index (χ1) is 21.9. The molecule has 0 bridgehead atoms. The average Bonchev–Trinajstić information content (AvgIpc) is 3.88. The van der Waals surface area contributed by atoms with E-state index in [4.69, 9.17) is 14.6 Å². The lowest BCUT2D eigenvalue weighted by Gasteiger charge is -2.29. The number of hydrogen-bond acceptors (Lipinski definition) is 4. The van der Waals surface area contributed by atoms with Crippen LogP contribution in [0.15, 0.2) is 66.2 Å². The van der Waals surface area contributed by atoms with Gasteiger partial charge in [0.15, 0.2) is 17.4 Å². The van der Waals surface area contributed by atoms with E-state index >= 15 is 0 Å². The van der Waals surface area contributed by atoms with Gasteiger partial charge in [-0.05, 0) is 85.5 Å². The summed E-state index contributed by atoms with van der Waals surface area (Å²) in [5.41, 5.74) is 6.38. The predicted molar refractivity (Wildman–Crippen MR) is 159 cm³/mol. The number of carbonyl (C=O) groups excluding carboxylic acids is 1. The smallest absolute Gasteiger partial charge is 0.488 e. The van der Waals surface area contributed by atoms with Crippen molar-refractivity contribution in [1.29, 1.82) is 0 Å². The molecule has 0 unspecified atom stereocenters. The summed E-state index contributed by atoms with van der Waals surface area (Å²) in [5.74, 6) is -6.68. The molecule has 2 N–H and O–H groups in total. The molecule has 0 saturated heterocycles. The van der Waals surface area contributed by atoms with Crippen LogP contribution in [0.1, 0.15) is 47.9 Å². The number of ether oxygens (including phenoxy) is 1. The highest BCUT2D eigenvalue weighted by atomic mass is 19.4. The minimum atomic E-state index is -5.08. The zero-order chi connectivity index (χ0) is 33.4. The van der Waals surface area contributed by atoms with E-state index in [-0.39, 0.29) is 12.5 Å².